The Bertz CT molecular complexity index is 392. The lowest BCUT2D eigenvalue weighted by Gasteiger charge is -2.33. The summed E-state index contributed by atoms with van der Waals surface area (Å²) in [6.07, 6.45) is 35.0. The van der Waals surface area contributed by atoms with E-state index >= 15 is 0 Å². The molecule has 0 aromatic heterocycles. The number of hydrogen-bond acceptors (Lipinski definition) is 2. The van der Waals surface area contributed by atoms with Crippen molar-refractivity contribution in [3.63, 3.8) is 0 Å². The van der Waals surface area contributed by atoms with E-state index in [4.69, 9.17) is 0 Å². The Hall–Kier alpha value is -0.660. The van der Waals surface area contributed by atoms with Gasteiger partial charge in [0, 0.05) is 25.5 Å². The van der Waals surface area contributed by atoms with Crippen molar-refractivity contribution in [3.05, 3.63) is 12.4 Å². The van der Waals surface area contributed by atoms with Crippen LogP contribution in [0.2, 0.25) is 0 Å². The van der Waals surface area contributed by atoms with E-state index < -0.39 is 0 Å². The predicted octanol–water partition coefficient (Wildman–Crippen LogP) is 9.65. The van der Waals surface area contributed by atoms with Gasteiger partial charge in [-0.25, -0.2) is 0 Å². The van der Waals surface area contributed by atoms with Crippen LogP contribution in [0, 0.1) is 0 Å². The summed E-state index contributed by atoms with van der Waals surface area (Å²) in [6.45, 7) is 9.45. The van der Waals surface area contributed by atoms with Gasteiger partial charge >= 0.3 is 0 Å². The van der Waals surface area contributed by atoms with Gasteiger partial charge in [-0.15, -0.1) is 0 Å². The van der Waals surface area contributed by atoms with E-state index in [-0.39, 0.29) is 0 Å². The van der Waals surface area contributed by atoms with Crippen molar-refractivity contribution in [3.8, 4) is 0 Å². The lowest BCUT2D eigenvalue weighted by Crippen LogP contribution is -2.39. The van der Waals surface area contributed by atoms with Gasteiger partial charge in [-0.05, 0) is 25.7 Å². The van der Waals surface area contributed by atoms with Crippen LogP contribution in [-0.4, -0.2) is 29.1 Å². The van der Waals surface area contributed by atoms with Crippen molar-refractivity contribution >= 4 is 0 Å². The summed E-state index contributed by atoms with van der Waals surface area (Å²) in [5, 5.41) is 0. The third-order valence-corrected chi connectivity index (χ3v) is 7.07. The second-order valence-corrected chi connectivity index (χ2v) is 10.1. The van der Waals surface area contributed by atoms with Crippen LogP contribution in [0.1, 0.15) is 156 Å². The molecule has 1 heterocycles. The van der Waals surface area contributed by atoms with E-state index in [9.17, 15) is 0 Å². The Balaban J connectivity index is 2.21. The highest BCUT2D eigenvalue weighted by Gasteiger charge is 2.24. The Labute approximate surface area is 197 Å². The van der Waals surface area contributed by atoms with E-state index in [1.54, 1.807) is 0 Å². The average Bonchev–Trinajstić information content (AvgIpc) is 3.16. The first kappa shape index (κ1) is 28.4. The lowest BCUT2D eigenvalue weighted by molar-refractivity contribution is 0.135. The molecule has 0 saturated carbocycles. The number of rotatable bonds is 23. The van der Waals surface area contributed by atoms with Crippen molar-refractivity contribution in [2.75, 3.05) is 13.1 Å². The zero-order chi connectivity index (χ0) is 22.4. The summed E-state index contributed by atoms with van der Waals surface area (Å²) >= 11 is 0. The molecule has 0 N–H and O–H groups in total. The summed E-state index contributed by atoms with van der Waals surface area (Å²) in [4.78, 5) is 5.34. The van der Waals surface area contributed by atoms with E-state index in [1.807, 2.05) is 0 Å². The highest BCUT2D eigenvalue weighted by atomic mass is 15.4. The Kier molecular flexibility index (Phi) is 19.4. The molecule has 0 aliphatic carbocycles. The molecule has 1 rings (SSSR count). The van der Waals surface area contributed by atoms with E-state index in [2.05, 4.69) is 43.0 Å². The van der Waals surface area contributed by atoms with Crippen molar-refractivity contribution < 1.29 is 0 Å². The summed E-state index contributed by atoms with van der Waals surface area (Å²) in [7, 11) is 0. The molecule has 0 aromatic carbocycles. The van der Waals surface area contributed by atoms with Gasteiger partial charge in [0.25, 0.3) is 0 Å². The monoisotopic (exact) mass is 434 g/mol. The Morgan fingerprint density at radius 1 is 0.419 bits per heavy atom. The zero-order valence-electron chi connectivity index (χ0n) is 21.9. The van der Waals surface area contributed by atoms with Crippen LogP contribution < -0.4 is 0 Å². The molecule has 0 saturated heterocycles. The van der Waals surface area contributed by atoms with Gasteiger partial charge in [-0.2, -0.15) is 0 Å². The molecule has 0 aromatic rings. The maximum atomic E-state index is 2.67. The van der Waals surface area contributed by atoms with E-state index in [0.717, 1.165) is 0 Å². The Morgan fingerprint density at radius 2 is 0.742 bits per heavy atom. The van der Waals surface area contributed by atoms with Crippen LogP contribution in [0.15, 0.2) is 12.4 Å². The molecule has 0 amide bonds. The molecule has 31 heavy (non-hydrogen) atoms. The van der Waals surface area contributed by atoms with Gasteiger partial charge in [0.15, 0.2) is 0 Å². The van der Waals surface area contributed by atoms with Gasteiger partial charge in [0.05, 0.1) is 0 Å². The zero-order valence-corrected chi connectivity index (χ0v) is 21.9. The molecule has 2 nitrogen and oxygen atoms in total. The average molecular weight is 435 g/mol. The van der Waals surface area contributed by atoms with Crippen LogP contribution in [0.5, 0.6) is 0 Å². The summed E-state index contributed by atoms with van der Waals surface area (Å²) in [5.41, 5.74) is 0. The minimum Gasteiger partial charge on any atom is -0.356 e. The maximum absolute atomic E-state index is 2.67. The smallest absolute Gasteiger partial charge is 0.101 e. The van der Waals surface area contributed by atoms with Gasteiger partial charge in [-0.1, -0.05) is 130 Å². The van der Waals surface area contributed by atoms with Crippen molar-refractivity contribution in [2.45, 2.75) is 162 Å². The van der Waals surface area contributed by atoms with Crippen LogP contribution in [-0.2, 0) is 0 Å². The van der Waals surface area contributed by atoms with Crippen molar-refractivity contribution in [2.24, 2.45) is 0 Å². The van der Waals surface area contributed by atoms with Gasteiger partial charge in [0.1, 0.15) is 6.17 Å². The third-order valence-electron chi connectivity index (χ3n) is 7.07. The summed E-state index contributed by atoms with van der Waals surface area (Å²) < 4.78 is 0. The normalized spacial score (nSPS) is 16.0. The third kappa shape index (κ3) is 14.9. The largest absolute Gasteiger partial charge is 0.356 e. The van der Waals surface area contributed by atoms with Crippen LogP contribution in [0.3, 0.4) is 0 Å². The molecule has 0 radical (unpaired) electrons. The maximum Gasteiger partial charge on any atom is 0.101 e. The second-order valence-electron chi connectivity index (χ2n) is 10.1. The first-order valence-electron chi connectivity index (χ1n) is 14.5. The minimum absolute atomic E-state index is 0.645. The Morgan fingerprint density at radius 3 is 1.13 bits per heavy atom. The molecule has 2 heteroatoms. The molecule has 1 aliphatic heterocycles. The fourth-order valence-electron chi connectivity index (χ4n) is 4.95. The van der Waals surface area contributed by atoms with Crippen LogP contribution >= 0.6 is 0 Å². The molecule has 0 fully saturated rings. The fourth-order valence-corrected chi connectivity index (χ4v) is 4.95. The van der Waals surface area contributed by atoms with Gasteiger partial charge in [0.2, 0.25) is 0 Å². The SMILES string of the molecule is CCCCCCCCCCCCN1C=CN(CCCCCCCC)C1CCCCCC. The van der Waals surface area contributed by atoms with Gasteiger partial charge < -0.3 is 9.80 Å². The fraction of sp³-hybridized carbons (Fsp3) is 0.931. The molecule has 184 valence electrons. The van der Waals surface area contributed by atoms with Crippen LogP contribution in [0.25, 0.3) is 0 Å². The highest BCUT2D eigenvalue weighted by molar-refractivity contribution is 4.97. The minimum atomic E-state index is 0.645. The van der Waals surface area contributed by atoms with Crippen LogP contribution in [0.4, 0.5) is 0 Å². The lowest BCUT2D eigenvalue weighted by atomic mass is 10.1. The first-order valence-corrected chi connectivity index (χ1v) is 14.5. The number of unbranched alkanes of at least 4 members (excludes halogenated alkanes) is 17. The van der Waals surface area contributed by atoms with Gasteiger partial charge in [-0.3, -0.25) is 0 Å². The summed E-state index contributed by atoms with van der Waals surface area (Å²) in [6, 6.07) is 0. The van der Waals surface area contributed by atoms with Crippen molar-refractivity contribution in [1.29, 1.82) is 0 Å². The second kappa shape index (κ2) is 21.2. The summed E-state index contributed by atoms with van der Waals surface area (Å²) in [5.74, 6) is 0. The molecule has 0 bridgehead atoms. The van der Waals surface area contributed by atoms with Crippen molar-refractivity contribution in [1.82, 2.24) is 9.80 Å². The predicted molar refractivity (Wildman–Crippen MR) is 140 cm³/mol. The number of hydrogen-bond donors (Lipinski definition) is 0. The van der Waals surface area contributed by atoms with E-state index in [0.29, 0.717) is 6.17 Å². The highest BCUT2D eigenvalue weighted by Crippen LogP contribution is 2.23. The molecular formula is C29H58N2. The van der Waals surface area contributed by atoms with E-state index in [1.165, 1.54) is 148 Å². The number of nitrogens with zero attached hydrogens (tertiary/aromatic N) is 2. The topological polar surface area (TPSA) is 6.48 Å². The standard InChI is InChI=1S/C29H58N2/c1-4-7-10-13-15-16-17-18-20-23-26-31-28-27-30(25-22-19-14-11-8-5-2)29(31)24-21-12-9-6-3/h27-29H,4-26H2,1-3H3. The molecule has 0 spiro atoms. The molecule has 1 aliphatic rings. The molecule has 1 unspecified atom stereocenters. The quantitative estimate of drug-likeness (QED) is 0.148. The first-order chi connectivity index (χ1) is 15.3. The molecular weight excluding hydrogens is 376 g/mol. The molecule has 1 atom stereocenters.